The second-order valence-electron chi connectivity index (χ2n) is 7.08. The molecule has 4 rings (SSSR count). The summed E-state index contributed by atoms with van der Waals surface area (Å²) in [4.78, 5) is 21.8. The van der Waals surface area contributed by atoms with E-state index in [-0.39, 0.29) is 5.91 Å². The molecule has 152 valence electrons. The first-order valence-corrected chi connectivity index (χ1v) is 12.3. The Morgan fingerprint density at radius 3 is 2.66 bits per heavy atom. The van der Waals surface area contributed by atoms with Gasteiger partial charge in [-0.25, -0.2) is 4.98 Å². The number of hydrogen-bond donors (Lipinski definition) is 0. The number of amides is 1. The van der Waals surface area contributed by atoms with Crippen molar-refractivity contribution in [2.75, 3.05) is 19.7 Å². The average molecular weight is 491 g/mol. The number of benzene rings is 1. The van der Waals surface area contributed by atoms with Crippen LogP contribution in [0.15, 0.2) is 40.2 Å². The summed E-state index contributed by atoms with van der Waals surface area (Å²) in [6, 6.07) is 10.2. The van der Waals surface area contributed by atoms with Crippen molar-refractivity contribution in [2.45, 2.75) is 32.6 Å². The van der Waals surface area contributed by atoms with Gasteiger partial charge in [0.1, 0.15) is 10.6 Å². The molecule has 0 radical (unpaired) electrons. The minimum atomic E-state index is 0.0905. The Morgan fingerprint density at radius 2 is 1.97 bits per heavy atom. The van der Waals surface area contributed by atoms with E-state index >= 15 is 0 Å². The van der Waals surface area contributed by atoms with Gasteiger partial charge in [-0.3, -0.25) is 4.79 Å². The van der Waals surface area contributed by atoms with Gasteiger partial charge < -0.3 is 9.64 Å². The van der Waals surface area contributed by atoms with E-state index in [2.05, 4.69) is 47.1 Å². The molecule has 0 unspecified atom stereocenters. The summed E-state index contributed by atoms with van der Waals surface area (Å²) < 4.78 is 6.67. The third-order valence-electron chi connectivity index (χ3n) is 5.19. The second kappa shape index (κ2) is 8.98. The number of piperidine rings is 1. The van der Waals surface area contributed by atoms with Crippen LogP contribution in [-0.4, -0.2) is 35.5 Å². The average Bonchev–Trinajstić information content (AvgIpc) is 3.35. The topological polar surface area (TPSA) is 42.4 Å². The number of hydrogen-bond acceptors (Lipinski definition) is 5. The van der Waals surface area contributed by atoms with Crippen molar-refractivity contribution in [3.05, 3.63) is 54.9 Å². The Labute approximate surface area is 187 Å². The van der Waals surface area contributed by atoms with Crippen LogP contribution >= 0.6 is 38.6 Å². The fourth-order valence-electron chi connectivity index (χ4n) is 3.66. The molecule has 1 saturated heterocycles. The molecule has 1 amide bonds. The van der Waals surface area contributed by atoms with E-state index < -0.39 is 0 Å². The van der Waals surface area contributed by atoms with E-state index in [9.17, 15) is 4.79 Å². The molecular weight excluding hydrogens is 468 g/mol. The number of thiophene rings is 1. The summed E-state index contributed by atoms with van der Waals surface area (Å²) >= 11 is 6.75. The summed E-state index contributed by atoms with van der Waals surface area (Å²) in [5.41, 5.74) is 2.23. The molecule has 1 fully saturated rings. The van der Waals surface area contributed by atoms with Crippen LogP contribution in [-0.2, 0) is 0 Å². The van der Waals surface area contributed by atoms with Crippen molar-refractivity contribution < 1.29 is 9.53 Å². The van der Waals surface area contributed by atoms with Gasteiger partial charge in [-0.15, -0.1) is 22.7 Å². The van der Waals surface area contributed by atoms with Crippen LogP contribution in [0.1, 0.15) is 45.2 Å². The molecule has 29 heavy (non-hydrogen) atoms. The number of carbonyl (C=O) groups is 1. The van der Waals surface area contributed by atoms with Gasteiger partial charge in [-0.2, -0.15) is 0 Å². The number of carbonyl (C=O) groups excluding carboxylic acids is 1. The highest BCUT2D eigenvalue weighted by Crippen LogP contribution is 2.37. The largest absolute Gasteiger partial charge is 0.492 e. The molecule has 3 aromatic rings. The first-order chi connectivity index (χ1) is 14.1. The molecule has 1 aliphatic heterocycles. The third kappa shape index (κ3) is 4.42. The highest BCUT2D eigenvalue weighted by molar-refractivity contribution is 9.10. The highest BCUT2D eigenvalue weighted by Gasteiger charge is 2.29. The first-order valence-electron chi connectivity index (χ1n) is 9.79. The smallest absolute Gasteiger partial charge is 0.267 e. The molecule has 0 bridgehead atoms. The monoisotopic (exact) mass is 490 g/mol. The van der Waals surface area contributed by atoms with Gasteiger partial charge in [0.2, 0.25) is 0 Å². The molecule has 0 N–H and O–H groups in total. The number of aryl methyl sites for hydroxylation is 1. The van der Waals surface area contributed by atoms with Gasteiger partial charge in [-0.05, 0) is 50.3 Å². The maximum absolute atomic E-state index is 12.9. The second-order valence-corrected chi connectivity index (χ2v) is 10.1. The number of likely N-dealkylation sites (tertiary alicyclic amines) is 1. The van der Waals surface area contributed by atoms with Gasteiger partial charge in [0.25, 0.3) is 5.91 Å². The van der Waals surface area contributed by atoms with Gasteiger partial charge in [0.05, 0.1) is 17.3 Å². The first kappa shape index (κ1) is 20.6. The van der Waals surface area contributed by atoms with Crippen molar-refractivity contribution in [1.82, 2.24) is 9.88 Å². The van der Waals surface area contributed by atoms with E-state index in [1.54, 1.807) is 11.3 Å². The summed E-state index contributed by atoms with van der Waals surface area (Å²) in [6.45, 7) is 6.18. The van der Waals surface area contributed by atoms with Gasteiger partial charge >= 0.3 is 0 Å². The molecule has 0 atom stereocenters. The number of rotatable bonds is 5. The highest BCUT2D eigenvalue weighted by atomic mass is 79.9. The fraction of sp³-hybridized carbons (Fsp3) is 0.364. The van der Waals surface area contributed by atoms with E-state index in [4.69, 9.17) is 9.72 Å². The maximum Gasteiger partial charge on any atom is 0.267 e. The van der Waals surface area contributed by atoms with Crippen molar-refractivity contribution in [3.63, 3.8) is 0 Å². The number of nitrogens with zero attached hydrogens (tertiary/aromatic N) is 2. The molecule has 1 aromatic carbocycles. The predicted octanol–water partition coefficient (Wildman–Crippen LogP) is 6.36. The Bertz CT molecular complexity index is 989. The summed E-state index contributed by atoms with van der Waals surface area (Å²) in [5, 5.41) is 3.12. The van der Waals surface area contributed by atoms with Crippen LogP contribution < -0.4 is 4.74 Å². The molecule has 0 aliphatic carbocycles. The quantitative estimate of drug-likeness (QED) is 0.417. The maximum atomic E-state index is 12.9. The van der Waals surface area contributed by atoms with Crippen molar-refractivity contribution in [3.8, 4) is 17.0 Å². The lowest BCUT2D eigenvalue weighted by Gasteiger charge is -2.31. The molecular formula is C22H23BrN2O2S2. The predicted molar refractivity (Wildman–Crippen MR) is 123 cm³/mol. The number of thiazole rings is 1. The van der Waals surface area contributed by atoms with Gasteiger partial charge in [0, 0.05) is 33.9 Å². The standard InChI is InChI=1S/C22H23BrN2O2S2/c1-3-27-18-10-13-28-20(18)22(26)25-11-8-16(9-12-25)21-24-19(14(2)29-21)15-4-6-17(23)7-5-15/h4-7,10,13,16H,3,8-9,11-12H2,1-2H3. The van der Waals surface area contributed by atoms with Crippen molar-refractivity contribution in [1.29, 1.82) is 0 Å². The summed E-state index contributed by atoms with van der Waals surface area (Å²) in [6.07, 6.45) is 1.90. The molecule has 7 heteroatoms. The van der Waals surface area contributed by atoms with E-state index in [0.717, 1.165) is 41.7 Å². The Hall–Kier alpha value is -1.70. The van der Waals surface area contributed by atoms with Crippen LogP contribution in [0, 0.1) is 6.92 Å². The Balaban J connectivity index is 1.43. The zero-order valence-electron chi connectivity index (χ0n) is 16.5. The lowest BCUT2D eigenvalue weighted by Crippen LogP contribution is -2.37. The van der Waals surface area contributed by atoms with Crippen LogP contribution in [0.2, 0.25) is 0 Å². The lowest BCUT2D eigenvalue weighted by atomic mass is 9.97. The van der Waals surface area contributed by atoms with E-state index in [0.29, 0.717) is 23.2 Å². The minimum Gasteiger partial charge on any atom is -0.492 e. The molecule has 0 spiro atoms. The normalized spacial score (nSPS) is 14.9. The van der Waals surface area contributed by atoms with E-state index in [1.807, 2.05) is 23.3 Å². The molecule has 0 saturated carbocycles. The lowest BCUT2D eigenvalue weighted by molar-refractivity contribution is 0.0714. The van der Waals surface area contributed by atoms with E-state index in [1.165, 1.54) is 21.2 Å². The number of halogens is 1. The summed E-state index contributed by atoms with van der Waals surface area (Å²) in [5.74, 6) is 1.22. The SMILES string of the molecule is CCOc1ccsc1C(=O)N1CCC(c2nc(-c3ccc(Br)cc3)c(C)s2)CC1. The molecule has 3 heterocycles. The minimum absolute atomic E-state index is 0.0905. The summed E-state index contributed by atoms with van der Waals surface area (Å²) in [7, 11) is 0. The van der Waals surface area contributed by atoms with Gasteiger partial charge in [-0.1, -0.05) is 28.1 Å². The fourth-order valence-corrected chi connectivity index (χ4v) is 5.84. The van der Waals surface area contributed by atoms with Crippen molar-refractivity contribution >= 4 is 44.5 Å². The number of aromatic nitrogens is 1. The van der Waals surface area contributed by atoms with Crippen LogP contribution in [0.4, 0.5) is 0 Å². The third-order valence-corrected chi connectivity index (χ3v) is 7.73. The van der Waals surface area contributed by atoms with Crippen molar-refractivity contribution in [2.24, 2.45) is 0 Å². The van der Waals surface area contributed by atoms with Gasteiger partial charge in [0.15, 0.2) is 0 Å². The van der Waals surface area contributed by atoms with Crippen LogP contribution in [0.25, 0.3) is 11.3 Å². The number of ether oxygens (including phenoxy) is 1. The zero-order chi connectivity index (χ0) is 20.4. The zero-order valence-corrected chi connectivity index (χ0v) is 19.7. The van der Waals surface area contributed by atoms with Crippen LogP contribution in [0.3, 0.4) is 0 Å². The molecule has 1 aliphatic rings. The molecule has 2 aromatic heterocycles. The Kier molecular flexibility index (Phi) is 6.37. The van der Waals surface area contributed by atoms with Crippen LogP contribution in [0.5, 0.6) is 5.75 Å². The molecule has 4 nitrogen and oxygen atoms in total. The Morgan fingerprint density at radius 1 is 1.24 bits per heavy atom.